The summed E-state index contributed by atoms with van der Waals surface area (Å²) in [6.07, 6.45) is 3.30. The molecule has 0 aromatic heterocycles. The van der Waals surface area contributed by atoms with Crippen LogP contribution in [-0.4, -0.2) is 22.9 Å². The van der Waals surface area contributed by atoms with Gasteiger partial charge in [-0.3, -0.25) is 0 Å². The van der Waals surface area contributed by atoms with Crippen molar-refractivity contribution in [3.8, 4) is 0 Å². The van der Waals surface area contributed by atoms with E-state index in [0.717, 1.165) is 18.6 Å². The molecule has 0 saturated heterocycles. The van der Waals surface area contributed by atoms with Crippen LogP contribution in [0.5, 0.6) is 0 Å². The van der Waals surface area contributed by atoms with Crippen molar-refractivity contribution in [3.05, 3.63) is 0 Å². The van der Waals surface area contributed by atoms with E-state index in [-0.39, 0.29) is 0 Å². The number of hydrogen-bond acceptors (Lipinski definition) is 3. The first-order valence-corrected chi connectivity index (χ1v) is 4.23. The highest BCUT2D eigenvalue weighted by Crippen LogP contribution is 2.31. The molecule has 1 N–H and O–H groups in total. The predicted molar refractivity (Wildman–Crippen MR) is 41.9 cm³/mol. The summed E-state index contributed by atoms with van der Waals surface area (Å²) in [4.78, 5) is 15.3. The van der Waals surface area contributed by atoms with E-state index in [1.807, 2.05) is 0 Å². The Morgan fingerprint density at radius 3 is 2.75 bits per heavy atom. The molecule has 12 heavy (non-hydrogen) atoms. The van der Waals surface area contributed by atoms with Gasteiger partial charge in [-0.25, -0.2) is 4.79 Å². The van der Waals surface area contributed by atoms with Gasteiger partial charge < -0.3 is 9.94 Å². The number of hydrogen-bond donors (Lipinski definition) is 1. The number of carboxylic acid groups (broad SMARTS) is 1. The average molecular weight is 169 g/mol. The molecule has 1 aliphatic carbocycles. The molecule has 0 spiro atoms. The molecule has 1 unspecified atom stereocenters. The minimum atomic E-state index is -0.909. The Morgan fingerprint density at radius 1 is 1.58 bits per heavy atom. The topological polar surface area (TPSA) is 58.9 Å². The van der Waals surface area contributed by atoms with Gasteiger partial charge in [0, 0.05) is 12.3 Å². The van der Waals surface area contributed by atoms with Gasteiger partial charge >= 0.3 is 5.97 Å². The SMILES string of the molecule is O=C(O)C1CC(C2CCC2)=NO1. The summed E-state index contributed by atoms with van der Waals surface area (Å²) in [6, 6.07) is 0. The Morgan fingerprint density at radius 2 is 2.33 bits per heavy atom. The van der Waals surface area contributed by atoms with Crippen molar-refractivity contribution < 1.29 is 14.7 Å². The third-order valence-corrected chi connectivity index (χ3v) is 2.54. The fourth-order valence-corrected chi connectivity index (χ4v) is 1.51. The maximum absolute atomic E-state index is 10.5. The number of carbonyl (C=O) groups is 1. The summed E-state index contributed by atoms with van der Waals surface area (Å²) >= 11 is 0. The van der Waals surface area contributed by atoms with Crippen LogP contribution in [0.2, 0.25) is 0 Å². The summed E-state index contributed by atoms with van der Waals surface area (Å²) in [5, 5.41) is 12.4. The van der Waals surface area contributed by atoms with Crippen LogP contribution < -0.4 is 0 Å². The normalized spacial score (nSPS) is 29.0. The van der Waals surface area contributed by atoms with Crippen molar-refractivity contribution in [2.24, 2.45) is 11.1 Å². The van der Waals surface area contributed by atoms with Gasteiger partial charge in [0.05, 0.1) is 5.71 Å². The molecule has 66 valence electrons. The maximum Gasteiger partial charge on any atom is 0.348 e. The second-order valence-electron chi connectivity index (χ2n) is 3.35. The lowest BCUT2D eigenvalue weighted by molar-refractivity contribution is -0.148. The zero-order valence-corrected chi connectivity index (χ0v) is 6.69. The van der Waals surface area contributed by atoms with Crippen molar-refractivity contribution in [2.45, 2.75) is 31.8 Å². The number of carboxylic acids is 1. The lowest BCUT2D eigenvalue weighted by Crippen LogP contribution is -2.25. The highest BCUT2D eigenvalue weighted by Gasteiger charge is 2.33. The molecule has 1 aliphatic heterocycles. The lowest BCUT2D eigenvalue weighted by atomic mass is 9.80. The first-order chi connectivity index (χ1) is 5.77. The average Bonchev–Trinajstić information content (AvgIpc) is 2.32. The van der Waals surface area contributed by atoms with Crippen molar-refractivity contribution in [1.29, 1.82) is 0 Å². The molecule has 4 heteroatoms. The second-order valence-corrected chi connectivity index (χ2v) is 3.35. The van der Waals surface area contributed by atoms with E-state index in [2.05, 4.69) is 5.16 Å². The van der Waals surface area contributed by atoms with Gasteiger partial charge in [-0.2, -0.15) is 0 Å². The summed E-state index contributed by atoms with van der Waals surface area (Å²) < 4.78 is 0. The summed E-state index contributed by atoms with van der Waals surface area (Å²) in [6.45, 7) is 0. The molecule has 1 fully saturated rings. The van der Waals surface area contributed by atoms with E-state index < -0.39 is 12.1 Å². The van der Waals surface area contributed by atoms with Crippen LogP contribution in [-0.2, 0) is 9.63 Å². The molecule has 0 aromatic carbocycles. The van der Waals surface area contributed by atoms with Crippen LogP contribution in [0.1, 0.15) is 25.7 Å². The van der Waals surface area contributed by atoms with E-state index in [1.165, 1.54) is 6.42 Å². The smallest absolute Gasteiger partial charge is 0.348 e. The van der Waals surface area contributed by atoms with Crippen LogP contribution in [0.3, 0.4) is 0 Å². The predicted octanol–water partition coefficient (Wildman–Crippen LogP) is 1.02. The molecule has 0 aromatic rings. The Bertz CT molecular complexity index is 232. The molecule has 1 heterocycles. The van der Waals surface area contributed by atoms with Crippen molar-refractivity contribution >= 4 is 11.7 Å². The molecule has 4 nitrogen and oxygen atoms in total. The Kier molecular flexibility index (Phi) is 1.75. The minimum absolute atomic E-state index is 0.486. The Hall–Kier alpha value is -1.06. The molecular weight excluding hydrogens is 158 g/mol. The Labute approximate surface area is 70.2 Å². The van der Waals surface area contributed by atoms with Crippen LogP contribution in [0.15, 0.2) is 5.16 Å². The molecular formula is C8H11NO3. The quantitative estimate of drug-likeness (QED) is 0.671. The van der Waals surface area contributed by atoms with E-state index in [4.69, 9.17) is 9.94 Å². The third kappa shape index (κ3) is 1.17. The number of nitrogens with zero attached hydrogens (tertiary/aromatic N) is 1. The summed E-state index contributed by atoms with van der Waals surface area (Å²) in [5.74, 6) is -0.401. The van der Waals surface area contributed by atoms with E-state index >= 15 is 0 Å². The number of oxime groups is 1. The van der Waals surface area contributed by atoms with Crippen molar-refractivity contribution in [1.82, 2.24) is 0 Å². The first kappa shape index (κ1) is 7.58. The number of rotatable bonds is 2. The fraction of sp³-hybridized carbons (Fsp3) is 0.750. The molecule has 0 bridgehead atoms. The van der Waals surface area contributed by atoms with E-state index in [1.54, 1.807) is 0 Å². The lowest BCUT2D eigenvalue weighted by Gasteiger charge is -2.23. The Balaban J connectivity index is 1.91. The first-order valence-electron chi connectivity index (χ1n) is 4.23. The van der Waals surface area contributed by atoms with Gasteiger partial charge in [0.15, 0.2) is 0 Å². The highest BCUT2D eigenvalue weighted by atomic mass is 16.7. The maximum atomic E-state index is 10.5. The standard InChI is InChI=1S/C8H11NO3/c10-8(11)7-4-6(9-12-7)5-2-1-3-5/h5,7H,1-4H2,(H,10,11). The molecule has 1 saturated carbocycles. The van der Waals surface area contributed by atoms with Gasteiger partial charge in [0.25, 0.3) is 0 Å². The summed E-state index contributed by atoms with van der Waals surface area (Å²) in [7, 11) is 0. The van der Waals surface area contributed by atoms with Crippen LogP contribution in [0.4, 0.5) is 0 Å². The van der Waals surface area contributed by atoms with Crippen LogP contribution >= 0.6 is 0 Å². The van der Waals surface area contributed by atoms with E-state index in [0.29, 0.717) is 12.3 Å². The van der Waals surface area contributed by atoms with Gasteiger partial charge in [-0.05, 0) is 12.8 Å². The molecule has 2 rings (SSSR count). The molecule has 0 radical (unpaired) electrons. The van der Waals surface area contributed by atoms with Gasteiger partial charge in [0.2, 0.25) is 6.10 Å². The van der Waals surface area contributed by atoms with Crippen LogP contribution in [0.25, 0.3) is 0 Å². The zero-order valence-electron chi connectivity index (χ0n) is 6.69. The highest BCUT2D eigenvalue weighted by molar-refractivity contribution is 5.92. The van der Waals surface area contributed by atoms with Gasteiger partial charge in [0.1, 0.15) is 0 Å². The number of aliphatic carboxylic acids is 1. The van der Waals surface area contributed by atoms with Crippen molar-refractivity contribution in [3.63, 3.8) is 0 Å². The van der Waals surface area contributed by atoms with Crippen LogP contribution in [0, 0.1) is 5.92 Å². The summed E-state index contributed by atoms with van der Waals surface area (Å²) in [5.41, 5.74) is 0.952. The monoisotopic (exact) mass is 169 g/mol. The van der Waals surface area contributed by atoms with E-state index in [9.17, 15) is 4.79 Å². The minimum Gasteiger partial charge on any atom is -0.478 e. The fourth-order valence-electron chi connectivity index (χ4n) is 1.51. The van der Waals surface area contributed by atoms with Gasteiger partial charge in [-0.15, -0.1) is 0 Å². The third-order valence-electron chi connectivity index (χ3n) is 2.54. The second kappa shape index (κ2) is 2.77. The largest absolute Gasteiger partial charge is 0.478 e. The van der Waals surface area contributed by atoms with Crippen molar-refractivity contribution in [2.75, 3.05) is 0 Å². The molecule has 0 amide bonds. The molecule has 2 aliphatic rings. The zero-order chi connectivity index (χ0) is 8.55. The van der Waals surface area contributed by atoms with Gasteiger partial charge in [-0.1, -0.05) is 11.6 Å². The molecule has 1 atom stereocenters.